The lowest BCUT2D eigenvalue weighted by Gasteiger charge is -2.18. The van der Waals surface area contributed by atoms with Gasteiger partial charge in [0.2, 0.25) is 24.3 Å². The molecule has 1 aromatic heterocycles. The van der Waals surface area contributed by atoms with Crippen LogP contribution in [0.3, 0.4) is 0 Å². The lowest BCUT2D eigenvalue weighted by molar-refractivity contribution is 0.174. The van der Waals surface area contributed by atoms with Crippen molar-refractivity contribution in [1.82, 2.24) is 4.98 Å². The maximum atomic E-state index is 9.40. The third kappa shape index (κ3) is 3.52. The number of anilines is 1. The van der Waals surface area contributed by atoms with Crippen LogP contribution >= 0.6 is 0 Å². The van der Waals surface area contributed by atoms with Crippen LogP contribution < -0.4 is 14.8 Å². The molecule has 4 rings (SSSR count). The Morgan fingerprint density at radius 1 is 1.07 bits per heavy atom. The van der Waals surface area contributed by atoms with Gasteiger partial charge in [0.15, 0.2) is 11.5 Å². The molecule has 28 heavy (non-hydrogen) atoms. The zero-order valence-electron chi connectivity index (χ0n) is 16.1. The van der Waals surface area contributed by atoms with Gasteiger partial charge in [0.25, 0.3) is 0 Å². The minimum Gasteiger partial charge on any atom is -0.454 e. The summed E-state index contributed by atoms with van der Waals surface area (Å²) in [5.41, 5.74) is 3.35. The van der Waals surface area contributed by atoms with Gasteiger partial charge >= 0.3 is 0 Å². The molecule has 0 unspecified atom stereocenters. The maximum Gasteiger partial charge on any atom is 0.232 e. The van der Waals surface area contributed by atoms with E-state index in [1.165, 1.54) is 5.56 Å². The number of rotatable bonds is 4. The summed E-state index contributed by atoms with van der Waals surface area (Å²) in [6, 6.07) is 15.9. The third-order valence-corrected chi connectivity index (χ3v) is 4.62. The first-order valence-corrected chi connectivity index (χ1v) is 9.08. The van der Waals surface area contributed by atoms with Crippen molar-refractivity contribution in [2.24, 2.45) is 0 Å². The van der Waals surface area contributed by atoms with Crippen LogP contribution in [0.4, 0.5) is 5.88 Å². The molecule has 142 valence electrons. The van der Waals surface area contributed by atoms with Crippen LogP contribution in [0, 0.1) is 11.3 Å². The zero-order chi connectivity index (χ0) is 19.7. The normalized spacial score (nSPS) is 12.6. The topological polar surface area (TPSA) is 80.3 Å². The summed E-state index contributed by atoms with van der Waals surface area (Å²) in [5, 5.41) is 12.6. The Morgan fingerprint density at radius 2 is 1.82 bits per heavy atom. The van der Waals surface area contributed by atoms with E-state index in [1.807, 2.05) is 30.3 Å². The lowest BCUT2D eigenvalue weighted by atomic mass is 9.87. The molecule has 0 fully saturated rings. The summed E-state index contributed by atoms with van der Waals surface area (Å²) < 4.78 is 16.5. The van der Waals surface area contributed by atoms with E-state index in [0.717, 1.165) is 22.6 Å². The minimum absolute atomic E-state index is 0.0737. The Bertz CT molecular complexity index is 1040. The summed E-state index contributed by atoms with van der Waals surface area (Å²) in [6.45, 7) is 7.21. The van der Waals surface area contributed by atoms with Gasteiger partial charge in [-0.15, -0.1) is 0 Å². The molecule has 1 N–H and O–H groups in total. The smallest absolute Gasteiger partial charge is 0.232 e. The first-order chi connectivity index (χ1) is 13.4. The average molecular weight is 375 g/mol. The van der Waals surface area contributed by atoms with Gasteiger partial charge in [0, 0.05) is 12.1 Å². The van der Waals surface area contributed by atoms with Crippen molar-refractivity contribution in [1.29, 1.82) is 5.26 Å². The number of nitrogens with one attached hydrogen (secondary N) is 1. The average Bonchev–Trinajstić information content (AvgIpc) is 3.32. The molecule has 0 bridgehead atoms. The Hall–Kier alpha value is -3.46. The molecule has 6 nitrogen and oxygen atoms in total. The van der Waals surface area contributed by atoms with Crippen molar-refractivity contribution >= 4 is 5.88 Å². The van der Waals surface area contributed by atoms with Crippen LogP contribution in [0.25, 0.3) is 11.5 Å². The molecule has 0 aliphatic carbocycles. The summed E-state index contributed by atoms with van der Waals surface area (Å²) in [4.78, 5) is 4.33. The number of hydrogen-bond donors (Lipinski definition) is 1. The first kappa shape index (κ1) is 17.9. The molecular weight excluding hydrogens is 354 g/mol. The van der Waals surface area contributed by atoms with Crippen molar-refractivity contribution in [3.8, 4) is 29.0 Å². The first-order valence-electron chi connectivity index (χ1n) is 9.08. The fourth-order valence-electron chi connectivity index (χ4n) is 2.99. The van der Waals surface area contributed by atoms with Crippen LogP contribution in [0.1, 0.15) is 37.6 Å². The molecule has 0 saturated carbocycles. The van der Waals surface area contributed by atoms with Gasteiger partial charge in [0.05, 0.1) is 0 Å². The molecule has 0 radical (unpaired) electrons. The molecule has 0 amide bonds. The SMILES string of the molecule is CC(C)(C)c1ccc(-c2nc(C#N)c(NCc3ccc4c(c3)OCO4)o2)cc1. The van der Waals surface area contributed by atoms with Gasteiger partial charge in [-0.1, -0.05) is 39.0 Å². The van der Waals surface area contributed by atoms with E-state index in [1.54, 1.807) is 0 Å². The minimum atomic E-state index is 0.0737. The standard InChI is InChI=1S/C22H21N3O3/c1-22(2,3)16-7-5-15(6-8-16)20-25-17(11-23)21(28-20)24-12-14-4-9-18-19(10-14)27-13-26-18/h4-10,24H,12-13H2,1-3H3. The fourth-order valence-corrected chi connectivity index (χ4v) is 2.99. The molecule has 1 aliphatic rings. The zero-order valence-corrected chi connectivity index (χ0v) is 16.1. The summed E-state index contributed by atoms with van der Waals surface area (Å²) in [5.74, 6) is 2.24. The number of fused-ring (bicyclic) bond motifs is 1. The van der Waals surface area contributed by atoms with Gasteiger partial charge in [-0.25, -0.2) is 0 Å². The van der Waals surface area contributed by atoms with E-state index < -0.39 is 0 Å². The van der Waals surface area contributed by atoms with E-state index in [0.29, 0.717) is 18.3 Å². The highest BCUT2D eigenvalue weighted by molar-refractivity contribution is 5.59. The van der Waals surface area contributed by atoms with E-state index in [4.69, 9.17) is 13.9 Å². The number of ether oxygens (including phenoxy) is 2. The Balaban J connectivity index is 1.53. The van der Waals surface area contributed by atoms with Crippen molar-refractivity contribution < 1.29 is 13.9 Å². The van der Waals surface area contributed by atoms with Crippen molar-refractivity contribution in [2.45, 2.75) is 32.7 Å². The molecule has 2 aromatic carbocycles. The van der Waals surface area contributed by atoms with Gasteiger partial charge in [-0.2, -0.15) is 10.2 Å². The fraction of sp³-hybridized carbons (Fsp3) is 0.273. The van der Waals surface area contributed by atoms with Gasteiger partial charge in [-0.3, -0.25) is 0 Å². The van der Waals surface area contributed by atoms with Crippen LogP contribution in [-0.2, 0) is 12.0 Å². The van der Waals surface area contributed by atoms with E-state index in [-0.39, 0.29) is 17.9 Å². The van der Waals surface area contributed by atoms with E-state index in [2.05, 4.69) is 49.3 Å². The number of nitriles is 1. The predicted molar refractivity (Wildman–Crippen MR) is 105 cm³/mol. The molecule has 6 heteroatoms. The molecule has 3 aromatic rings. The van der Waals surface area contributed by atoms with Crippen molar-refractivity contribution in [2.75, 3.05) is 12.1 Å². The second-order valence-corrected chi connectivity index (χ2v) is 7.68. The second-order valence-electron chi connectivity index (χ2n) is 7.68. The van der Waals surface area contributed by atoms with Crippen LogP contribution in [0.5, 0.6) is 11.5 Å². The Morgan fingerprint density at radius 3 is 2.54 bits per heavy atom. The second kappa shape index (κ2) is 6.93. The summed E-state index contributed by atoms with van der Waals surface area (Å²) in [6.07, 6.45) is 0. The molecule has 1 aliphatic heterocycles. The number of benzene rings is 2. The Kier molecular flexibility index (Phi) is 4.44. The van der Waals surface area contributed by atoms with E-state index >= 15 is 0 Å². The largest absolute Gasteiger partial charge is 0.454 e. The van der Waals surface area contributed by atoms with Crippen molar-refractivity contribution in [3.05, 3.63) is 59.3 Å². The number of nitrogens with zero attached hydrogens (tertiary/aromatic N) is 2. The lowest BCUT2D eigenvalue weighted by Crippen LogP contribution is -2.10. The predicted octanol–water partition coefficient (Wildman–Crippen LogP) is 4.85. The Labute approximate surface area is 163 Å². The van der Waals surface area contributed by atoms with Gasteiger partial charge in [0.1, 0.15) is 6.07 Å². The monoisotopic (exact) mass is 375 g/mol. The highest BCUT2D eigenvalue weighted by Crippen LogP contribution is 2.33. The number of hydrogen-bond acceptors (Lipinski definition) is 6. The number of aromatic nitrogens is 1. The van der Waals surface area contributed by atoms with Gasteiger partial charge < -0.3 is 19.2 Å². The van der Waals surface area contributed by atoms with E-state index in [9.17, 15) is 5.26 Å². The maximum absolute atomic E-state index is 9.40. The summed E-state index contributed by atoms with van der Waals surface area (Å²) >= 11 is 0. The summed E-state index contributed by atoms with van der Waals surface area (Å²) in [7, 11) is 0. The van der Waals surface area contributed by atoms with Crippen LogP contribution in [-0.4, -0.2) is 11.8 Å². The molecular formula is C22H21N3O3. The molecule has 2 heterocycles. The van der Waals surface area contributed by atoms with Gasteiger partial charge in [-0.05, 0) is 40.8 Å². The van der Waals surface area contributed by atoms with Crippen LogP contribution in [0.2, 0.25) is 0 Å². The molecule has 0 atom stereocenters. The van der Waals surface area contributed by atoms with Crippen molar-refractivity contribution in [3.63, 3.8) is 0 Å². The highest BCUT2D eigenvalue weighted by Gasteiger charge is 2.18. The highest BCUT2D eigenvalue weighted by atomic mass is 16.7. The number of oxazole rings is 1. The third-order valence-electron chi connectivity index (χ3n) is 4.62. The quantitative estimate of drug-likeness (QED) is 0.702. The van der Waals surface area contributed by atoms with Crippen LogP contribution in [0.15, 0.2) is 46.9 Å². The molecule has 0 spiro atoms. The molecule has 0 saturated heterocycles.